The van der Waals surface area contributed by atoms with Gasteiger partial charge in [0, 0.05) is 12.8 Å². The summed E-state index contributed by atoms with van der Waals surface area (Å²) in [5, 5.41) is 11.3. The van der Waals surface area contributed by atoms with Crippen molar-refractivity contribution in [3.63, 3.8) is 0 Å². The molecule has 0 unspecified atom stereocenters. The summed E-state index contributed by atoms with van der Waals surface area (Å²) in [6.07, 6.45) is 0. The Labute approximate surface area is 77.9 Å². The first kappa shape index (κ1) is 9.56. The molecule has 0 aliphatic heterocycles. The van der Waals surface area contributed by atoms with Crippen molar-refractivity contribution >= 4 is 5.69 Å². The molecule has 0 aliphatic carbocycles. The zero-order valence-electron chi connectivity index (χ0n) is 7.58. The minimum Gasteiger partial charge on any atom is -0.380 e. The third-order valence-corrected chi connectivity index (χ3v) is 1.61. The number of hydrogen-bond acceptors (Lipinski definition) is 3. The second-order valence-electron chi connectivity index (χ2n) is 2.65. The van der Waals surface area contributed by atoms with E-state index in [1.807, 2.05) is 30.3 Å². The highest BCUT2D eigenvalue weighted by Gasteiger charge is 1.93. The number of nitriles is 1. The Morgan fingerprint density at radius 1 is 1.54 bits per heavy atom. The largest absolute Gasteiger partial charge is 0.380 e. The van der Waals surface area contributed by atoms with Gasteiger partial charge in [-0.3, -0.25) is 0 Å². The minimum absolute atomic E-state index is 0.330. The molecular weight excluding hydrogens is 164 g/mol. The SMILES string of the molecule is COCc1cccc(NCC#N)c1. The molecule has 0 spiro atoms. The van der Waals surface area contributed by atoms with Crippen LogP contribution in [0.3, 0.4) is 0 Å². The van der Waals surface area contributed by atoms with Gasteiger partial charge in [0.1, 0.15) is 6.54 Å². The number of rotatable bonds is 4. The number of benzene rings is 1. The molecule has 0 bridgehead atoms. The zero-order valence-corrected chi connectivity index (χ0v) is 7.58. The number of hydrogen-bond donors (Lipinski definition) is 1. The average molecular weight is 176 g/mol. The lowest BCUT2D eigenvalue weighted by Crippen LogP contribution is -1.98. The fourth-order valence-electron chi connectivity index (χ4n) is 1.08. The highest BCUT2D eigenvalue weighted by Crippen LogP contribution is 2.10. The van der Waals surface area contributed by atoms with E-state index in [2.05, 4.69) is 5.32 Å². The highest BCUT2D eigenvalue weighted by atomic mass is 16.5. The molecule has 0 fully saturated rings. The molecule has 3 heteroatoms. The van der Waals surface area contributed by atoms with E-state index >= 15 is 0 Å². The average Bonchev–Trinajstić information content (AvgIpc) is 2.16. The molecular formula is C10H12N2O. The Bertz CT molecular complexity index is 304. The molecule has 1 rings (SSSR count). The van der Waals surface area contributed by atoms with Gasteiger partial charge in [0.05, 0.1) is 12.7 Å². The second-order valence-corrected chi connectivity index (χ2v) is 2.65. The Kier molecular flexibility index (Phi) is 3.80. The fourth-order valence-corrected chi connectivity index (χ4v) is 1.08. The van der Waals surface area contributed by atoms with E-state index in [9.17, 15) is 0 Å². The molecule has 3 nitrogen and oxygen atoms in total. The van der Waals surface area contributed by atoms with Gasteiger partial charge < -0.3 is 10.1 Å². The second kappa shape index (κ2) is 5.18. The standard InChI is InChI=1S/C10H12N2O/c1-13-8-9-3-2-4-10(7-9)12-6-5-11/h2-4,7,12H,6,8H2,1H3. The van der Waals surface area contributed by atoms with Crippen LogP contribution in [0.15, 0.2) is 24.3 Å². The van der Waals surface area contributed by atoms with Crippen LogP contribution in [0.1, 0.15) is 5.56 Å². The van der Waals surface area contributed by atoms with E-state index in [1.165, 1.54) is 0 Å². The molecule has 0 saturated carbocycles. The maximum Gasteiger partial charge on any atom is 0.103 e. The lowest BCUT2D eigenvalue weighted by atomic mass is 10.2. The van der Waals surface area contributed by atoms with Crippen LogP contribution in [-0.4, -0.2) is 13.7 Å². The summed E-state index contributed by atoms with van der Waals surface area (Å²) in [6.45, 7) is 0.929. The molecule has 0 amide bonds. The maximum atomic E-state index is 8.36. The van der Waals surface area contributed by atoms with E-state index in [0.717, 1.165) is 11.3 Å². The summed E-state index contributed by atoms with van der Waals surface area (Å²) in [5.74, 6) is 0. The van der Waals surface area contributed by atoms with Crippen molar-refractivity contribution in [2.24, 2.45) is 0 Å². The topological polar surface area (TPSA) is 45.0 Å². The van der Waals surface area contributed by atoms with E-state index in [4.69, 9.17) is 10.00 Å². The van der Waals surface area contributed by atoms with Gasteiger partial charge in [0.25, 0.3) is 0 Å². The van der Waals surface area contributed by atoms with Crippen molar-refractivity contribution in [1.29, 1.82) is 5.26 Å². The van der Waals surface area contributed by atoms with Crippen LogP contribution in [0.5, 0.6) is 0 Å². The van der Waals surface area contributed by atoms with Crippen LogP contribution in [0.25, 0.3) is 0 Å². The van der Waals surface area contributed by atoms with Gasteiger partial charge in [-0.25, -0.2) is 0 Å². The van der Waals surface area contributed by atoms with Gasteiger partial charge in [0.15, 0.2) is 0 Å². The number of nitrogens with one attached hydrogen (secondary N) is 1. The summed E-state index contributed by atoms with van der Waals surface area (Å²) in [6, 6.07) is 9.85. The van der Waals surface area contributed by atoms with Crippen molar-refractivity contribution in [1.82, 2.24) is 0 Å². The minimum atomic E-state index is 0.330. The molecule has 0 aliphatic rings. The van der Waals surface area contributed by atoms with Crippen LogP contribution in [0.2, 0.25) is 0 Å². The third-order valence-electron chi connectivity index (χ3n) is 1.61. The van der Waals surface area contributed by atoms with Gasteiger partial charge in [-0.05, 0) is 17.7 Å². The quantitative estimate of drug-likeness (QED) is 0.711. The van der Waals surface area contributed by atoms with E-state index in [0.29, 0.717) is 13.2 Å². The maximum absolute atomic E-state index is 8.36. The third kappa shape index (κ3) is 3.14. The fraction of sp³-hybridized carbons (Fsp3) is 0.300. The summed E-state index contributed by atoms with van der Waals surface area (Å²) < 4.78 is 4.99. The number of nitrogens with zero attached hydrogens (tertiary/aromatic N) is 1. The Balaban J connectivity index is 2.63. The van der Waals surface area contributed by atoms with Gasteiger partial charge >= 0.3 is 0 Å². The van der Waals surface area contributed by atoms with E-state index < -0.39 is 0 Å². The van der Waals surface area contributed by atoms with Gasteiger partial charge in [0.2, 0.25) is 0 Å². The first-order chi connectivity index (χ1) is 6.36. The molecule has 0 atom stereocenters. The summed E-state index contributed by atoms with van der Waals surface area (Å²) >= 11 is 0. The highest BCUT2D eigenvalue weighted by molar-refractivity contribution is 5.46. The van der Waals surface area contributed by atoms with Crippen LogP contribution < -0.4 is 5.32 Å². The van der Waals surface area contributed by atoms with Crippen LogP contribution in [0.4, 0.5) is 5.69 Å². The smallest absolute Gasteiger partial charge is 0.103 e. The predicted molar refractivity (Wildman–Crippen MR) is 51.3 cm³/mol. The van der Waals surface area contributed by atoms with Crippen LogP contribution in [-0.2, 0) is 11.3 Å². The first-order valence-corrected chi connectivity index (χ1v) is 4.05. The number of anilines is 1. The molecule has 68 valence electrons. The normalized spacial score (nSPS) is 9.23. The molecule has 0 radical (unpaired) electrons. The van der Waals surface area contributed by atoms with E-state index in [1.54, 1.807) is 7.11 Å². The Morgan fingerprint density at radius 3 is 3.08 bits per heavy atom. The predicted octanol–water partition coefficient (Wildman–Crippen LogP) is 1.77. The van der Waals surface area contributed by atoms with Crippen molar-refractivity contribution in [3.8, 4) is 6.07 Å². The van der Waals surface area contributed by atoms with Crippen molar-refractivity contribution in [3.05, 3.63) is 29.8 Å². The zero-order chi connectivity index (χ0) is 9.52. The monoisotopic (exact) mass is 176 g/mol. The molecule has 1 N–H and O–H groups in total. The lowest BCUT2D eigenvalue weighted by Gasteiger charge is -2.04. The molecule has 1 aromatic rings. The molecule has 0 saturated heterocycles. The van der Waals surface area contributed by atoms with Gasteiger partial charge in [-0.2, -0.15) is 5.26 Å². The molecule has 13 heavy (non-hydrogen) atoms. The first-order valence-electron chi connectivity index (χ1n) is 4.05. The number of methoxy groups -OCH3 is 1. The summed E-state index contributed by atoms with van der Waals surface area (Å²) in [4.78, 5) is 0. The van der Waals surface area contributed by atoms with Crippen LogP contribution in [0, 0.1) is 11.3 Å². The number of ether oxygens (including phenoxy) is 1. The van der Waals surface area contributed by atoms with E-state index in [-0.39, 0.29) is 0 Å². The van der Waals surface area contributed by atoms with Crippen LogP contribution >= 0.6 is 0 Å². The molecule has 1 aromatic carbocycles. The van der Waals surface area contributed by atoms with Gasteiger partial charge in [-0.15, -0.1) is 0 Å². The van der Waals surface area contributed by atoms with Crippen molar-refractivity contribution < 1.29 is 4.74 Å². The van der Waals surface area contributed by atoms with Crippen molar-refractivity contribution in [2.45, 2.75) is 6.61 Å². The lowest BCUT2D eigenvalue weighted by molar-refractivity contribution is 0.185. The van der Waals surface area contributed by atoms with Crippen molar-refractivity contribution in [2.75, 3.05) is 19.0 Å². The molecule has 0 heterocycles. The summed E-state index contributed by atoms with van der Waals surface area (Å²) in [5.41, 5.74) is 2.06. The molecule has 0 aromatic heterocycles. The van der Waals surface area contributed by atoms with Gasteiger partial charge in [-0.1, -0.05) is 12.1 Å². The summed E-state index contributed by atoms with van der Waals surface area (Å²) in [7, 11) is 1.66. The Morgan fingerprint density at radius 2 is 2.38 bits per heavy atom. The Hall–Kier alpha value is -1.53.